The summed E-state index contributed by atoms with van der Waals surface area (Å²) in [5, 5.41) is 2.11. The standard InChI is InChI=1S/C16H19NO2S/c1-2-11-6-9-20-16(11)15(17)12-4-5-13-14(10-12)19-8-3-7-18-13/h4-6,9-10,15H,2-3,7-8,17H2,1H3. The van der Waals surface area contributed by atoms with Crippen LogP contribution in [0.25, 0.3) is 0 Å². The third-order valence-electron chi connectivity index (χ3n) is 3.57. The highest BCUT2D eigenvalue weighted by Crippen LogP contribution is 2.35. The molecule has 2 heterocycles. The molecule has 0 saturated heterocycles. The largest absolute Gasteiger partial charge is 0.490 e. The molecule has 2 N–H and O–H groups in total. The normalized spacial score (nSPS) is 15.7. The second kappa shape index (κ2) is 5.85. The van der Waals surface area contributed by atoms with Gasteiger partial charge in [-0.05, 0) is 41.1 Å². The Morgan fingerprint density at radius 1 is 1.20 bits per heavy atom. The molecule has 0 saturated carbocycles. The molecule has 106 valence electrons. The molecule has 2 aromatic rings. The van der Waals surface area contributed by atoms with Gasteiger partial charge in [-0.3, -0.25) is 0 Å². The van der Waals surface area contributed by atoms with Crippen LogP contribution in [0.2, 0.25) is 0 Å². The van der Waals surface area contributed by atoms with Crippen LogP contribution in [0.5, 0.6) is 11.5 Å². The fourth-order valence-electron chi connectivity index (χ4n) is 2.44. The minimum Gasteiger partial charge on any atom is -0.490 e. The van der Waals surface area contributed by atoms with Crippen LogP contribution in [0, 0.1) is 0 Å². The zero-order chi connectivity index (χ0) is 13.9. The second-order valence-electron chi connectivity index (χ2n) is 4.90. The molecule has 1 unspecified atom stereocenters. The Hall–Kier alpha value is -1.52. The number of benzene rings is 1. The van der Waals surface area contributed by atoms with E-state index in [-0.39, 0.29) is 6.04 Å². The van der Waals surface area contributed by atoms with Crippen molar-refractivity contribution in [2.45, 2.75) is 25.8 Å². The maximum absolute atomic E-state index is 6.42. The summed E-state index contributed by atoms with van der Waals surface area (Å²) >= 11 is 1.72. The van der Waals surface area contributed by atoms with Crippen LogP contribution in [0.1, 0.15) is 35.4 Å². The summed E-state index contributed by atoms with van der Waals surface area (Å²) in [6, 6.07) is 8.09. The van der Waals surface area contributed by atoms with Crippen molar-refractivity contribution in [1.29, 1.82) is 0 Å². The molecule has 3 rings (SSSR count). The van der Waals surface area contributed by atoms with E-state index in [9.17, 15) is 0 Å². The first-order chi connectivity index (χ1) is 9.79. The molecule has 4 heteroatoms. The summed E-state index contributed by atoms with van der Waals surface area (Å²) in [5.74, 6) is 1.63. The van der Waals surface area contributed by atoms with Crippen molar-refractivity contribution in [1.82, 2.24) is 0 Å². The van der Waals surface area contributed by atoms with Gasteiger partial charge in [0, 0.05) is 11.3 Å². The number of rotatable bonds is 3. The molecule has 1 aliphatic rings. The number of aryl methyl sites for hydroxylation is 1. The van der Waals surface area contributed by atoms with Gasteiger partial charge in [-0.25, -0.2) is 0 Å². The molecular weight excluding hydrogens is 270 g/mol. The van der Waals surface area contributed by atoms with Crippen LogP contribution >= 0.6 is 11.3 Å². The number of fused-ring (bicyclic) bond motifs is 1. The lowest BCUT2D eigenvalue weighted by molar-refractivity contribution is 0.297. The van der Waals surface area contributed by atoms with E-state index < -0.39 is 0 Å². The van der Waals surface area contributed by atoms with Crippen LogP contribution in [-0.2, 0) is 6.42 Å². The van der Waals surface area contributed by atoms with E-state index in [2.05, 4.69) is 18.4 Å². The Labute approximate surface area is 123 Å². The number of thiophene rings is 1. The SMILES string of the molecule is CCc1ccsc1C(N)c1ccc2c(c1)OCCCO2. The van der Waals surface area contributed by atoms with Gasteiger partial charge >= 0.3 is 0 Å². The fourth-order valence-corrected chi connectivity index (χ4v) is 3.46. The van der Waals surface area contributed by atoms with E-state index >= 15 is 0 Å². The molecule has 1 atom stereocenters. The van der Waals surface area contributed by atoms with Crippen LogP contribution in [0.3, 0.4) is 0 Å². The van der Waals surface area contributed by atoms with Crippen molar-refractivity contribution in [3.8, 4) is 11.5 Å². The van der Waals surface area contributed by atoms with E-state index in [1.165, 1.54) is 10.4 Å². The van der Waals surface area contributed by atoms with Crippen molar-refractivity contribution < 1.29 is 9.47 Å². The van der Waals surface area contributed by atoms with Gasteiger partial charge in [-0.1, -0.05) is 13.0 Å². The summed E-state index contributed by atoms with van der Waals surface area (Å²) in [7, 11) is 0. The highest BCUT2D eigenvalue weighted by Gasteiger charge is 2.17. The number of hydrogen-bond donors (Lipinski definition) is 1. The first-order valence-corrected chi connectivity index (χ1v) is 7.89. The smallest absolute Gasteiger partial charge is 0.161 e. The topological polar surface area (TPSA) is 44.5 Å². The Bertz CT molecular complexity index is 594. The average molecular weight is 289 g/mol. The van der Waals surface area contributed by atoms with Gasteiger partial charge in [0.05, 0.1) is 19.3 Å². The number of ether oxygens (including phenoxy) is 2. The molecule has 0 amide bonds. The Morgan fingerprint density at radius 3 is 2.80 bits per heavy atom. The zero-order valence-electron chi connectivity index (χ0n) is 11.6. The van der Waals surface area contributed by atoms with Crippen LogP contribution in [0.15, 0.2) is 29.6 Å². The van der Waals surface area contributed by atoms with Crippen molar-refractivity contribution in [2.75, 3.05) is 13.2 Å². The molecule has 0 fully saturated rings. The molecule has 0 bridgehead atoms. The lowest BCUT2D eigenvalue weighted by atomic mass is 10.0. The molecule has 0 aliphatic carbocycles. The zero-order valence-corrected chi connectivity index (χ0v) is 12.4. The van der Waals surface area contributed by atoms with Gasteiger partial charge < -0.3 is 15.2 Å². The second-order valence-corrected chi connectivity index (χ2v) is 5.85. The molecule has 1 aromatic carbocycles. The summed E-state index contributed by atoms with van der Waals surface area (Å²) in [6.07, 6.45) is 1.93. The molecule has 0 spiro atoms. The Kier molecular flexibility index (Phi) is 3.94. The lowest BCUT2D eigenvalue weighted by Gasteiger charge is -2.15. The van der Waals surface area contributed by atoms with E-state index in [1.807, 2.05) is 18.2 Å². The molecule has 20 heavy (non-hydrogen) atoms. The summed E-state index contributed by atoms with van der Waals surface area (Å²) in [6.45, 7) is 3.57. The van der Waals surface area contributed by atoms with Gasteiger partial charge in [0.25, 0.3) is 0 Å². The first-order valence-electron chi connectivity index (χ1n) is 7.01. The predicted octanol–water partition coefficient (Wildman–Crippen LogP) is 3.52. The van der Waals surface area contributed by atoms with Gasteiger partial charge in [0.15, 0.2) is 11.5 Å². The quantitative estimate of drug-likeness (QED) is 0.940. The van der Waals surface area contributed by atoms with Crippen LogP contribution in [-0.4, -0.2) is 13.2 Å². The molecule has 1 aliphatic heterocycles. The third-order valence-corrected chi connectivity index (χ3v) is 4.62. The van der Waals surface area contributed by atoms with E-state index in [4.69, 9.17) is 15.2 Å². The van der Waals surface area contributed by atoms with E-state index in [1.54, 1.807) is 11.3 Å². The summed E-state index contributed by atoms with van der Waals surface area (Å²) < 4.78 is 11.4. The Balaban J connectivity index is 1.92. The minimum absolute atomic E-state index is 0.0953. The summed E-state index contributed by atoms with van der Waals surface area (Å²) in [5.41, 5.74) is 8.83. The third kappa shape index (κ3) is 2.53. The van der Waals surface area contributed by atoms with E-state index in [0.29, 0.717) is 13.2 Å². The number of nitrogens with two attached hydrogens (primary N) is 1. The summed E-state index contributed by atoms with van der Waals surface area (Å²) in [4.78, 5) is 1.24. The highest BCUT2D eigenvalue weighted by atomic mass is 32.1. The first kappa shape index (κ1) is 13.5. The van der Waals surface area contributed by atoms with Crippen molar-refractivity contribution in [2.24, 2.45) is 5.73 Å². The monoisotopic (exact) mass is 289 g/mol. The molecular formula is C16H19NO2S. The van der Waals surface area contributed by atoms with Gasteiger partial charge in [0.1, 0.15) is 0 Å². The van der Waals surface area contributed by atoms with Crippen LogP contribution in [0.4, 0.5) is 0 Å². The Morgan fingerprint density at radius 2 is 2.00 bits per heavy atom. The molecule has 3 nitrogen and oxygen atoms in total. The van der Waals surface area contributed by atoms with Gasteiger partial charge in [0.2, 0.25) is 0 Å². The van der Waals surface area contributed by atoms with Crippen molar-refractivity contribution in [3.05, 3.63) is 45.6 Å². The molecule has 1 aromatic heterocycles. The predicted molar refractivity (Wildman–Crippen MR) is 81.8 cm³/mol. The van der Waals surface area contributed by atoms with Crippen molar-refractivity contribution >= 4 is 11.3 Å². The number of hydrogen-bond acceptors (Lipinski definition) is 4. The fraction of sp³-hybridized carbons (Fsp3) is 0.375. The average Bonchev–Trinajstić information content (AvgIpc) is 2.83. The van der Waals surface area contributed by atoms with Crippen LogP contribution < -0.4 is 15.2 Å². The molecule has 0 radical (unpaired) electrons. The van der Waals surface area contributed by atoms with Crippen molar-refractivity contribution in [3.63, 3.8) is 0 Å². The maximum Gasteiger partial charge on any atom is 0.161 e. The highest BCUT2D eigenvalue weighted by molar-refractivity contribution is 7.10. The minimum atomic E-state index is -0.0953. The lowest BCUT2D eigenvalue weighted by Crippen LogP contribution is -2.12. The van der Waals surface area contributed by atoms with E-state index in [0.717, 1.165) is 29.9 Å². The van der Waals surface area contributed by atoms with Gasteiger partial charge in [-0.15, -0.1) is 11.3 Å². The maximum atomic E-state index is 6.42. The van der Waals surface area contributed by atoms with Gasteiger partial charge in [-0.2, -0.15) is 0 Å².